The molecule has 0 amide bonds. The molecule has 0 unspecified atom stereocenters. The zero-order valence-electron chi connectivity index (χ0n) is 20.9. The van der Waals surface area contributed by atoms with Crippen LogP contribution in [-0.2, 0) is 0 Å². The van der Waals surface area contributed by atoms with E-state index in [4.69, 9.17) is 9.15 Å². The molecule has 0 aliphatic carbocycles. The van der Waals surface area contributed by atoms with Crippen LogP contribution in [0.15, 0.2) is 86.6 Å². The number of fused-ring (bicyclic) bond motifs is 1. The fourth-order valence-electron chi connectivity index (χ4n) is 3.76. The Morgan fingerprint density at radius 2 is 1.57 bits per heavy atom. The van der Waals surface area contributed by atoms with Crippen LogP contribution >= 0.6 is 0 Å². The van der Waals surface area contributed by atoms with Gasteiger partial charge in [0.25, 0.3) is 0 Å². The van der Waals surface area contributed by atoms with Crippen LogP contribution in [0, 0.1) is 0 Å². The number of benzene rings is 2. The van der Waals surface area contributed by atoms with E-state index in [1.54, 1.807) is 0 Å². The molecule has 0 spiro atoms. The molecule has 0 atom stereocenters. The summed E-state index contributed by atoms with van der Waals surface area (Å²) >= 11 is 0. The number of rotatable bonds is 10. The molecule has 0 aliphatic heterocycles. The summed E-state index contributed by atoms with van der Waals surface area (Å²) in [6.07, 6.45) is 10.4. The van der Waals surface area contributed by atoms with E-state index < -0.39 is 11.2 Å². The molecule has 3 aromatic rings. The molecule has 5 heteroatoms. The van der Waals surface area contributed by atoms with Crippen molar-refractivity contribution in [2.45, 2.75) is 53.4 Å². The SMILES string of the molecule is CC(C)=CCC/C(C)=C\CC/C(C)=C/COc1c(O)cc2oc(-c3ccccc3)cc(=O)c2c1O. The Balaban J connectivity index is 1.67. The molecule has 184 valence electrons. The van der Waals surface area contributed by atoms with Crippen LogP contribution in [-0.4, -0.2) is 16.8 Å². The van der Waals surface area contributed by atoms with E-state index in [0.29, 0.717) is 5.76 Å². The van der Waals surface area contributed by atoms with E-state index in [0.717, 1.165) is 36.8 Å². The van der Waals surface area contributed by atoms with Crippen LogP contribution < -0.4 is 10.2 Å². The van der Waals surface area contributed by atoms with Gasteiger partial charge in [0.1, 0.15) is 23.3 Å². The number of hydrogen-bond donors (Lipinski definition) is 2. The van der Waals surface area contributed by atoms with Gasteiger partial charge in [-0.25, -0.2) is 0 Å². The van der Waals surface area contributed by atoms with Crippen LogP contribution in [0.25, 0.3) is 22.3 Å². The smallest absolute Gasteiger partial charge is 0.204 e. The Hall–Kier alpha value is -3.73. The molecule has 0 saturated heterocycles. The van der Waals surface area contributed by atoms with Crippen LogP contribution in [0.3, 0.4) is 0 Å². The predicted molar refractivity (Wildman–Crippen MR) is 142 cm³/mol. The van der Waals surface area contributed by atoms with E-state index >= 15 is 0 Å². The quantitative estimate of drug-likeness (QED) is 0.295. The van der Waals surface area contributed by atoms with E-state index in [-0.39, 0.29) is 29.1 Å². The van der Waals surface area contributed by atoms with Crippen molar-refractivity contribution in [2.75, 3.05) is 6.61 Å². The summed E-state index contributed by atoms with van der Waals surface area (Å²) in [5.41, 5.74) is 4.28. The minimum Gasteiger partial charge on any atom is -0.504 e. The van der Waals surface area contributed by atoms with Gasteiger partial charge in [0.2, 0.25) is 5.75 Å². The standard InChI is InChI=1S/C30H34O5/c1-20(2)10-8-11-21(3)12-9-13-22(4)16-17-34-30-25(32)19-27-28(29(30)33)24(31)18-26(35-27)23-14-6-5-7-15-23/h5-7,10,12,14-16,18-19,32-33H,8-9,11,13,17H2,1-4H3/b21-12-,22-16+. The average molecular weight is 475 g/mol. The number of phenols is 2. The first-order valence-electron chi connectivity index (χ1n) is 11.9. The highest BCUT2D eigenvalue weighted by atomic mass is 16.5. The Morgan fingerprint density at radius 1 is 0.914 bits per heavy atom. The molecule has 0 aliphatic rings. The highest BCUT2D eigenvalue weighted by molar-refractivity contribution is 5.89. The minimum absolute atomic E-state index is 0.0214. The van der Waals surface area contributed by atoms with E-state index in [1.807, 2.05) is 43.3 Å². The molecule has 2 aromatic carbocycles. The molecule has 35 heavy (non-hydrogen) atoms. The second kappa shape index (κ2) is 12.1. The summed E-state index contributed by atoms with van der Waals surface area (Å²) in [5.74, 6) is -0.481. The lowest BCUT2D eigenvalue weighted by molar-refractivity contribution is 0.314. The molecule has 5 nitrogen and oxygen atoms in total. The highest BCUT2D eigenvalue weighted by Crippen LogP contribution is 2.41. The lowest BCUT2D eigenvalue weighted by Crippen LogP contribution is -2.03. The monoisotopic (exact) mass is 474 g/mol. The van der Waals surface area contributed by atoms with Gasteiger partial charge in [-0.1, -0.05) is 59.2 Å². The highest BCUT2D eigenvalue weighted by Gasteiger charge is 2.19. The maximum Gasteiger partial charge on any atom is 0.204 e. The van der Waals surface area contributed by atoms with Crippen molar-refractivity contribution >= 4 is 11.0 Å². The molecule has 0 radical (unpaired) electrons. The van der Waals surface area contributed by atoms with Gasteiger partial charge in [0.05, 0.1) is 0 Å². The molecule has 0 fully saturated rings. The summed E-state index contributed by atoms with van der Waals surface area (Å²) in [7, 11) is 0. The van der Waals surface area contributed by atoms with Gasteiger partial charge < -0.3 is 19.4 Å². The van der Waals surface area contributed by atoms with E-state index in [1.165, 1.54) is 23.3 Å². The van der Waals surface area contributed by atoms with Crippen LogP contribution in [0.4, 0.5) is 0 Å². The molecule has 0 bridgehead atoms. The largest absolute Gasteiger partial charge is 0.504 e. The summed E-state index contributed by atoms with van der Waals surface area (Å²) in [4.78, 5) is 12.7. The molecule has 0 saturated carbocycles. The summed E-state index contributed by atoms with van der Waals surface area (Å²) in [6, 6.07) is 11.8. The Morgan fingerprint density at radius 3 is 2.26 bits per heavy atom. The summed E-state index contributed by atoms with van der Waals surface area (Å²) < 4.78 is 11.4. The van der Waals surface area contributed by atoms with Gasteiger partial charge in [0.15, 0.2) is 16.9 Å². The zero-order chi connectivity index (χ0) is 25.4. The third kappa shape index (κ3) is 7.12. The Kier molecular flexibility index (Phi) is 8.96. The first-order valence-corrected chi connectivity index (χ1v) is 11.9. The van der Waals surface area contributed by atoms with Crippen LogP contribution in [0.1, 0.15) is 53.4 Å². The lowest BCUT2D eigenvalue weighted by Gasteiger charge is -2.11. The average Bonchev–Trinajstić information content (AvgIpc) is 2.81. The van der Waals surface area contributed by atoms with Crippen molar-refractivity contribution in [3.05, 3.63) is 87.6 Å². The summed E-state index contributed by atoms with van der Waals surface area (Å²) in [6.45, 7) is 8.57. The first kappa shape index (κ1) is 25.9. The van der Waals surface area contributed by atoms with E-state index in [9.17, 15) is 15.0 Å². The van der Waals surface area contributed by atoms with Crippen molar-refractivity contribution in [3.8, 4) is 28.6 Å². The normalized spacial score (nSPS) is 12.1. The maximum absolute atomic E-state index is 12.7. The first-order chi connectivity index (χ1) is 16.8. The van der Waals surface area contributed by atoms with Crippen molar-refractivity contribution in [1.82, 2.24) is 0 Å². The molecular formula is C30H34O5. The van der Waals surface area contributed by atoms with Gasteiger partial charge in [-0.05, 0) is 59.5 Å². The lowest BCUT2D eigenvalue weighted by atomic mass is 10.1. The second-order valence-corrected chi connectivity index (χ2v) is 9.06. The number of phenolic OH excluding ortho intramolecular Hbond substituents is 2. The zero-order valence-corrected chi connectivity index (χ0v) is 20.9. The minimum atomic E-state index is -0.422. The van der Waals surface area contributed by atoms with Gasteiger partial charge in [-0.2, -0.15) is 0 Å². The van der Waals surface area contributed by atoms with Crippen LogP contribution in [0.2, 0.25) is 0 Å². The molecule has 3 rings (SSSR count). The number of aromatic hydroxyl groups is 2. The second-order valence-electron chi connectivity index (χ2n) is 9.06. The van der Waals surface area contributed by atoms with Crippen LogP contribution in [0.5, 0.6) is 17.2 Å². The fraction of sp³-hybridized carbons (Fsp3) is 0.300. The molecule has 1 heterocycles. The third-order valence-corrected chi connectivity index (χ3v) is 5.77. The summed E-state index contributed by atoms with van der Waals surface area (Å²) in [5, 5.41) is 21.1. The van der Waals surface area contributed by atoms with Gasteiger partial charge in [0, 0.05) is 17.7 Å². The van der Waals surface area contributed by atoms with Crippen molar-refractivity contribution < 1.29 is 19.4 Å². The third-order valence-electron chi connectivity index (χ3n) is 5.77. The molecule has 2 N–H and O–H groups in total. The Labute approximate surface area is 206 Å². The Bertz CT molecular complexity index is 1310. The number of ether oxygens (including phenoxy) is 1. The number of allylic oxidation sites excluding steroid dienone is 5. The molecular weight excluding hydrogens is 440 g/mol. The van der Waals surface area contributed by atoms with Gasteiger partial charge >= 0.3 is 0 Å². The predicted octanol–water partition coefficient (Wildman–Crippen LogP) is 7.67. The maximum atomic E-state index is 12.7. The van der Waals surface area contributed by atoms with Crippen molar-refractivity contribution in [2.24, 2.45) is 0 Å². The van der Waals surface area contributed by atoms with Gasteiger partial charge in [-0.15, -0.1) is 0 Å². The van der Waals surface area contributed by atoms with Gasteiger partial charge in [-0.3, -0.25) is 4.79 Å². The van der Waals surface area contributed by atoms with Crippen molar-refractivity contribution in [3.63, 3.8) is 0 Å². The van der Waals surface area contributed by atoms with E-state index in [2.05, 4.69) is 32.9 Å². The fourth-order valence-corrected chi connectivity index (χ4v) is 3.76. The topological polar surface area (TPSA) is 79.9 Å². The van der Waals surface area contributed by atoms with Crippen molar-refractivity contribution in [1.29, 1.82) is 0 Å². The molecule has 1 aromatic heterocycles. The number of hydrogen-bond acceptors (Lipinski definition) is 5.